The first-order valence-electron chi connectivity index (χ1n) is 10.5. The molecule has 1 heterocycles. The predicted molar refractivity (Wildman–Crippen MR) is 117 cm³/mol. The molecule has 0 saturated carbocycles. The van der Waals surface area contributed by atoms with E-state index in [2.05, 4.69) is 62.9 Å². The van der Waals surface area contributed by atoms with E-state index in [-0.39, 0.29) is 11.8 Å². The lowest BCUT2D eigenvalue weighted by Gasteiger charge is -2.34. The van der Waals surface area contributed by atoms with Gasteiger partial charge in [-0.15, -0.1) is 0 Å². The summed E-state index contributed by atoms with van der Waals surface area (Å²) in [6.45, 7) is 9.21. The van der Waals surface area contributed by atoms with E-state index in [0.29, 0.717) is 13.1 Å². The van der Waals surface area contributed by atoms with Gasteiger partial charge in [0.1, 0.15) is 6.04 Å². The largest absolute Gasteiger partial charge is 0.354 e. The monoisotopic (exact) mass is 396 g/mol. The fourth-order valence-electron chi connectivity index (χ4n) is 3.73. The third-order valence-corrected chi connectivity index (χ3v) is 5.43. The van der Waals surface area contributed by atoms with Crippen LogP contribution in [-0.2, 0) is 16.1 Å². The third kappa shape index (κ3) is 6.02. The Hall–Kier alpha value is -2.44. The Morgan fingerprint density at radius 1 is 1.00 bits per heavy atom. The number of piperazine rings is 1. The lowest BCUT2D eigenvalue weighted by molar-refractivity contribution is -0.129. The molecule has 2 amide bonds. The lowest BCUT2D eigenvalue weighted by atomic mass is 10.0. The Morgan fingerprint density at radius 2 is 1.69 bits per heavy atom. The van der Waals surface area contributed by atoms with Crippen molar-refractivity contribution in [1.82, 2.24) is 20.4 Å². The molecular weight excluding hydrogens is 364 g/mol. The number of hydrogen-bond acceptors (Lipinski definition) is 4. The van der Waals surface area contributed by atoms with Gasteiger partial charge < -0.3 is 10.6 Å². The summed E-state index contributed by atoms with van der Waals surface area (Å²) in [6.07, 6.45) is 0.884. The van der Waals surface area contributed by atoms with E-state index >= 15 is 0 Å². The van der Waals surface area contributed by atoms with Crippen molar-refractivity contribution in [3.05, 3.63) is 48.0 Å². The number of nitrogens with zero attached hydrogens (tertiary/aromatic N) is 2. The number of carbonyl (C=O) groups excluding carboxylic acids is 2. The zero-order valence-corrected chi connectivity index (χ0v) is 17.5. The SMILES string of the molecule is CCCNC(=O)[C@@H](C)NC(=O)CN1CCN(Cc2cccc3ccccc23)CC1. The van der Waals surface area contributed by atoms with Gasteiger partial charge in [0.15, 0.2) is 0 Å². The molecule has 0 aromatic heterocycles. The first-order chi connectivity index (χ1) is 14.1. The van der Waals surface area contributed by atoms with E-state index in [1.807, 2.05) is 6.92 Å². The summed E-state index contributed by atoms with van der Waals surface area (Å²) in [5.41, 5.74) is 1.35. The highest BCUT2D eigenvalue weighted by molar-refractivity contribution is 5.88. The van der Waals surface area contributed by atoms with E-state index in [4.69, 9.17) is 0 Å². The molecule has 0 radical (unpaired) electrons. The second-order valence-corrected chi connectivity index (χ2v) is 7.77. The van der Waals surface area contributed by atoms with Gasteiger partial charge in [-0.3, -0.25) is 19.4 Å². The van der Waals surface area contributed by atoms with Crippen LogP contribution in [0.4, 0.5) is 0 Å². The molecule has 0 unspecified atom stereocenters. The predicted octanol–water partition coefficient (Wildman–Crippen LogP) is 1.99. The normalized spacial score (nSPS) is 16.5. The van der Waals surface area contributed by atoms with Crippen LogP contribution in [0.5, 0.6) is 0 Å². The lowest BCUT2D eigenvalue weighted by Crippen LogP contribution is -2.52. The highest BCUT2D eigenvalue weighted by Gasteiger charge is 2.21. The summed E-state index contributed by atoms with van der Waals surface area (Å²) in [7, 11) is 0. The van der Waals surface area contributed by atoms with Gasteiger partial charge in [0, 0.05) is 39.3 Å². The molecule has 0 aliphatic carbocycles. The minimum Gasteiger partial charge on any atom is -0.354 e. The molecule has 29 heavy (non-hydrogen) atoms. The minimum atomic E-state index is -0.498. The maximum Gasteiger partial charge on any atom is 0.242 e. The molecule has 6 heteroatoms. The molecule has 1 saturated heterocycles. The van der Waals surface area contributed by atoms with Crippen LogP contribution >= 0.6 is 0 Å². The van der Waals surface area contributed by atoms with Gasteiger partial charge in [-0.1, -0.05) is 49.4 Å². The third-order valence-electron chi connectivity index (χ3n) is 5.43. The molecule has 156 valence electrons. The van der Waals surface area contributed by atoms with Crippen molar-refractivity contribution in [3.63, 3.8) is 0 Å². The van der Waals surface area contributed by atoms with Crippen molar-refractivity contribution in [1.29, 1.82) is 0 Å². The quantitative estimate of drug-likeness (QED) is 0.716. The maximum absolute atomic E-state index is 12.3. The fraction of sp³-hybridized carbons (Fsp3) is 0.478. The van der Waals surface area contributed by atoms with Crippen molar-refractivity contribution in [2.75, 3.05) is 39.3 Å². The topological polar surface area (TPSA) is 64.7 Å². The fourth-order valence-corrected chi connectivity index (χ4v) is 3.73. The first kappa shape index (κ1) is 21.3. The highest BCUT2D eigenvalue weighted by Crippen LogP contribution is 2.20. The van der Waals surface area contributed by atoms with Crippen LogP contribution in [0, 0.1) is 0 Å². The molecule has 2 aromatic rings. The molecule has 2 N–H and O–H groups in total. The van der Waals surface area contributed by atoms with Crippen LogP contribution in [0.25, 0.3) is 10.8 Å². The summed E-state index contributed by atoms with van der Waals surface area (Å²) in [6, 6.07) is 14.5. The van der Waals surface area contributed by atoms with Gasteiger partial charge in [0.25, 0.3) is 0 Å². The minimum absolute atomic E-state index is 0.0911. The van der Waals surface area contributed by atoms with E-state index in [0.717, 1.165) is 39.1 Å². The Kier molecular flexibility index (Phi) is 7.61. The number of benzene rings is 2. The molecule has 0 spiro atoms. The van der Waals surface area contributed by atoms with E-state index in [1.54, 1.807) is 6.92 Å². The maximum atomic E-state index is 12.3. The van der Waals surface area contributed by atoms with Crippen molar-refractivity contribution >= 4 is 22.6 Å². The number of carbonyl (C=O) groups is 2. The molecule has 1 aliphatic rings. The zero-order valence-electron chi connectivity index (χ0n) is 17.5. The summed E-state index contributed by atoms with van der Waals surface area (Å²) in [4.78, 5) is 28.8. The first-order valence-corrected chi connectivity index (χ1v) is 10.5. The van der Waals surface area contributed by atoms with Gasteiger partial charge in [-0.25, -0.2) is 0 Å². The molecule has 1 fully saturated rings. The Morgan fingerprint density at radius 3 is 2.45 bits per heavy atom. The molecule has 1 aliphatic heterocycles. The van der Waals surface area contributed by atoms with Crippen molar-refractivity contribution < 1.29 is 9.59 Å². The molecule has 3 rings (SSSR count). The van der Waals surface area contributed by atoms with Crippen molar-refractivity contribution in [3.8, 4) is 0 Å². The molecular formula is C23H32N4O2. The highest BCUT2D eigenvalue weighted by atomic mass is 16.2. The second kappa shape index (κ2) is 10.4. The average molecular weight is 397 g/mol. The Bertz CT molecular complexity index is 825. The van der Waals surface area contributed by atoms with Gasteiger partial charge >= 0.3 is 0 Å². The molecule has 2 aromatic carbocycles. The van der Waals surface area contributed by atoms with Gasteiger partial charge in [0.2, 0.25) is 11.8 Å². The van der Waals surface area contributed by atoms with Crippen LogP contribution in [0.3, 0.4) is 0 Å². The van der Waals surface area contributed by atoms with Crippen LogP contribution in [0.1, 0.15) is 25.8 Å². The number of hydrogen-bond donors (Lipinski definition) is 2. The second-order valence-electron chi connectivity index (χ2n) is 7.77. The molecule has 6 nitrogen and oxygen atoms in total. The molecule has 0 bridgehead atoms. The van der Waals surface area contributed by atoms with Crippen molar-refractivity contribution in [2.24, 2.45) is 0 Å². The standard InChI is InChI=1S/C23H32N4O2/c1-3-11-24-23(29)18(2)25-22(28)17-27-14-12-26(13-15-27)16-20-9-6-8-19-7-4-5-10-21(19)20/h4-10,18H,3,11-17H2,1-2H3,(H,24,29)(H,25,28)/t18-/m1/s1. The summed E-state index contributed by atoms with van der Waals surface area (Å²) in [5.74, 6) is -0.216. The number of nitrogens with one attached hydrogen (secondary N) is 2. The van der Waals surface area contributed by atoms with Gasteiger partial charge in [-0.05, 0) is 29.7 Å². The summed E-state index contributed by atoms with van der Waals surface area (Å²) < 4.78 is 0. The summed E-state index contributed by atoms with van der Waals surface area (Å²) >= 11 is 0. The van der Waals surface area contributed by atoms with Crippen LogP contribution in [0.2, 0.25) is 0 Å². The van der Waals surface area contributed by atoms with Gasteiger partial charge in [-0.2, -0.15) is 0 Å². The summed E-state index contributed by atoms with van der Waals surface area (Å²) in [5, 5.41) is 8.20. The smallest absolute Gasteiger partial charge is 0.242 e. The van der Waals surface area contributed by atoms with Crippen LogP contribution in [0.15, 0.2) is 42.5 Å². The Labute approximate surface area is 173 Å². The zero-order chi connectivity index (χ0) is 20.6. The Balaban J connectivity index is 1.44. The molecule has 1 atom stereocenters. The number of fused-ring (bicyclic) bond motifs is 1. The van der Waals surface area contributed by atoms with Gasteiger partial charge in [0.05, 0.1) is 6.54 Å². The van der Waals surface area contributed by atoms with E-state index in [9.17, 15) is 9.59 Å². The average Bonchev–Trinajstić information content (AvgIpc) is 2.73. The van der Waals surface area contributed by atoms with Crippen LogP contribution < -0.4 is 10.6 Å². The van der Waals surface area contributed by atoms with Crippen LogP contribution in [-0.4, -0.2) is 66.9 Å². The van der Waals surface area contributed by atoms with E-state index < -0.39 is 6.04 Å². The number of rotatable bonds is 8. The number of amides is 2. The van der Waals surface area contributed by atoms with E-state index in [1.165, 1.54) is 16.3 Å². The van der Waals surface area contributed by atoms with Crippen molar-refractivity contribution in [2.45, 2.75) is 32.9 Å².